The standard InChI is InChI=1S/C18H23ClN2O3.C9H7F.C2H6/c1-4-17(24)21(11-15-5-7-16(19)8-6-15)18(13(2)22)9-10-20(12-18)14(3)23;1-3-8-5-4-7(2)9(10)6-8;1-2/h5-8H,4,9-12H2,1-3H3;1,4-6H,2H3;1-2H3/t18-;;/m1../s1. The number of hydrogen-bond acceptors (Lipinski definition) is 3. The molecule has 2 amide bonds. The van der Waals surface area contributed by atoms with Crippen LogP contribution in [0.15, 0.2) is 42.5 Å². The molecule has 3 rings (SSSR count). The summed E-state index contributed by atoms with van der Waals surface area (Å²) in [5.74, 6) is 1.87. The first-order valence-electron chi connectivity index (χ1n) is 12.1. The van der Waals surface area contributed by atoms with Crippen LogP contribution in [0.1, 0.15) is 64.2 Å². The van der Waals surface area contributed by atoms with E-state index in [0.717, 1.165) is 5.56 Å². The van der Waals surface area contributed by atoms with Crippen LogP contribution in [0.5, 0.6) is 0 Å². The van der Waals surface area contributed by atoms with E-state index in [-0.39, 0.29) is 30.0 Å². The zero-order chi connectivity index (χ0) is 27.5. The number of ketones is 1. The smallest absolute Gasteiger partial charge is 0.223 e. The third kappa shape index (κ3) is 7.93. The molecule has 1 aliphatic heterocycles. The van der Waals surface area contributed by atoms with E-state index in [9.17, 15) is 18.8 Å². The number of amides is 2. The van der Waals surface area contributed by atoms with Crippen LogP contribution < -0.4 is 0 Å². The van der Waals surface area contributed by atoms with E-state index in [4.69, 9.17) is 18.0 Å². The van der Waals surface area contributed by atoms with Crippen LogP contribution in [0, 0.1) is 25.1 Å². The largest absolute Gasteiger partial charge is 0.340 e. The molecule has 2 aromatic rings. The molecular formula is C29H36ClFN2O3. The number of Topliss-reactive ketones (excluding diaryl/α,β-unsaturated/α-hetero) is 1. The lowest BCUT2D eigenvalue weighted by molar-refractivity contribution is -0.146. The number of nitrogens with zero attached hydrogens (tertiary/aromatic N) is 2. The number of carbonyl (C=O) groups is 3. The molecule has 0 unspecified atom stereocenters. The van der Waals surface area contributed by atoms with Crippen molar-refractivity contribution in [1.82, 2.24) is 9.80 Å². The first kappa shape index (κ1) is 30.9. The molecular weight excluding hydrogens is 479 g/mol. The van der Waals surface area contributed by atoms with E-state index in [1.165, 1.54) is 19.9 Å². The van der Waals surface area contributed by atoms with E-state index in [0.29, 0.717) is 42.1 Å². The SMILES string of the molecule is C#Cc1ccc(C)c(F)c1.CC.CCC(=O)N(Cc1ccc(Cl)cc1)[C@]1(C(C)=O)CCN(C(C)=O)C1. The molecule has 0 N–H and O–H groups in total. The van der Waals surface area contributed by atoms with Gasteiger partial charge in [0, 0.05) is 37.0 Å². The van der Waals surface area contributed by atoms with Gasteiger partial charge >= 0.3 is 0 Å². The fraction of sp³-hybridized carbons (Fsp3) is 0.414. The number of rotatable bonds is 5. The zero-order valence-electron chi connectivity index (χ0n) is 22.0. The van der Waals surface area contributed by atoms with E-state index in [1.807, 2.05) is 26.0 Å². The molecule has 0 spiro atoms. The minimum absolute atomic E-state index is 0.0754. The van der Waals surface area contributed by atoms with E-state index < -0.39 is 5.54 Å². The Morgan fingerprint density at radius 1 is 1.14 bits per heavy atom. The van der Waals surface area contributed by atoms with Crippen molar-refractivity contribution in [2.24, 2.45) is 0 Å². The first-order chi connectivity index (χ1) is 17.0. The average molecular weight is 515 g/mol. The summed E-state index contributed by atoms with van der Waals surface area (Å²) in [5.41, 5.74) is 1.17. The van der Waals surface area contributed by atoms with Crippen molar-refractivity contribution in [2.75, 3.05) is 13.1 Å². The van der Waals surface area contributed by atoms with Crippen molar-refractivity contribution in [1.29, 1.82) is 0 Å². The molecule has 2 aromatic carbocycles. The fourth-order valence-corrected chi connectivity index (χ4v) is 4.01. The minimum atomic E-state index is -0.946. The number of likely N-dealkylation sites (tertiary alicyclic amines) is 1. The van der Waals surface area contributed by atoms with Crippen LogP contribution >= 0.6 is 11.6 Å². The summed E-state index contributed by atoms with van der Waals surface area (Å²) >= 11 is 5.92. The maximum absolute atomic E-state index is 12.7. The van der Waals surface area contributed by atoms with Gasteiger partial charge in [-0.2, -0.15) is 0 Å². The maximum Gasteiger partial charge on any atom is 0.223 e. The summed E-state index contributed by atoms with van der Waals surface area (Å²) in [4.78, 5) is 40.1. The second-order valence-corrected chi connectivity index (χ2v) is 8.78. The van der Waals surface area contributed by atoms with E-state index in [1.54, 1.807) is 47.9 Å². The summed E-state index contributed by atoms with van der Waals surface area (Å²) in [6, 6.07) is 12.0. The summed E-state index contributed by atoms with van der Waals surface area (Å²) in [7, 11) is 0. The van der Waals surface area contributed by atoms with Crippen molar-refractivity contribution >= 4 is 29.2 Å². The maximum atomic E-state index is 12.7. The number of halogens is 2. The van der Waals surface area contributed by atoms with Crippen molar-refractivity contribution in [3.05, 3.63) is 70.0 Å². The van der Waals surface area contributed by atoms with Crippen molar-refractivity contribution in [3.8, 4) is 12.3 Å². The Labute approximate surface area is 219 Å². The molecule has 0 bridgehead atoms. The molecule has 36 heavy (non-hydrogen) atoms. The zero-order valence-corrected chi connectivity index (χ0v) is 22.8. The molecule has 1 fully saturated rings. The van der Waals surface area contributed by atoms with Crippen LogP contribution in [0.3, 0.4) is 0 Å². The molecule has 1 heterocycles. The van der Waals surface area contributed by atoms with Gasteiger partial charge in [-0.05, 0) is 55.7 Å². The van der Waals surface area contributed by atoms with Gasteiger partial charge in [0.25, 0.3) is 0 Å². The number of carbonyl (C=O) groups excluding carboxylic acids is 3. The van der Waals surface area contributed by atoms with Crippen LogP contribution in [-0.4, -0.2) is 46.0 Å². The van der Waals surface area contributed by atoms with Gasteiger partial charge in [-0.1, -0.05) is 56.5 Å². The Kier molecular flexibility index (Phi) is 12.3. The van der Waals surface area contributed by atoms with E-state index in [2.05, 4.69) is 5.92 Å². The predicted octanol–water partition coefficient (Wildman–Crippen LogP) is 5.80. The van der Waals surface area contributed by atoms with Gasteiger partial charge in [0.1, 0.15) is 11.4 Å². The molecule has 0 aromatic heterocycles. The highest BCUT2D eigenvalue weighted by Crippen LogP contribution is 2.32. The topological polar surface area (TPSA) is 57.7 Å². The van der Waals surface area contributed by atoms with Crippen LogP contribution in [0.25, 0.3) is 0 Å². The summed E-state index contributed by atoms with van der Waals surface area (Å²) in [6.07, 6.45) is 5.83. The molecule has 0 aliphatic carbocycles. The highest BCUT2D eigenvalue weighted by Gasteiger charge is 2.49. The monoisotopic (exact) mass is 514 g/mol. The Morgan fingerprint density at radius 3 is 2.19 bits per heavy atom. The van der Waals surface area contributed by atoms with Gasteiger partial charge < -0.3 is 9.80 Å². The highest BCUT2D eigenvalue weighted by atomic mass is 35.5. The molecule has 7 heteroatoms. The fourth-order valence-electron chi connectivity index (χ4n) is 3.88. The summed E-state index contributed by atoms with van der Waals surface area (Å²) < 4.78 is 12.7. The van der Waals surface area contributed by atoms with Crippen LogP contribution in [0.4, 0.5) is 4.39 Å². The molecule has 0 saturated carbocycles. The second-order valence-electron chi connectivity index (χ2n) is 8.35. The Bertz CT molecular complexity index is 1090. The second kappa shape index (κ2) is 14.4. The van der Waals surface area contributed by atoms with Crippen LogP contribution in [0.2, 0.25) is 5.02 Å². The van der Waals surface area contributed by atoms with Crippen molar-refractivity contribution in [2.45, 2.75) is 66.5 Å². The quantitative estimate of drug-likeness (QED) is 0.474. The van der Waals surface area contributed by atoms with Gasteiger partial charge in [-0.15, -0.1) is 6.42 Å². The Balaban J connectivity index is 0.000000450. The lowest BCUT2D eigenvalue weighted by Crippen LogP contribution is -2.57. The molecule has 194 valence electrons. The molecule has 0 radical (unpaired) electrons. The number of terminal acetylenes is 1. The summed E-state index contributed by atoms with van der Waals surface area (Å²) in [5, 5.41) is 0.622. The molecule has 1 atom stereocenters. The highest BCUT2D eigenvalue weighted by molar-refractivity contribution is 6.30. The van der Waals surface area contributed by atoms with Gasteiger partial charge in [0.2, 0.25) is 11.8 Å². The number of aryl methyl sites for hydroxylation is 1. The van der Waals surface area contributed by atoms with Gasteiger partial charge in [-0.3, -0.25) is 14.4 Å². The lowest BCUT2D eigenvalue weighted by Gasteiger charge is -2.39. The van der Waals surface area contributed by atoms with Gasteiger partial charge in [0.05, 0.1) is 6.54 Å². The van der Waals surface area contributed by atoms with Gasteiger partial charge in [0.15, 0.2) is 5.78 Å². The predicted molar refractivity (Wildman–Crippen MR) is 143 cm³/mol. The van der Waals surface area contributed by atoms with Crippen molar-refractivity contribution in [3.63, 3.8) is 0 Å². The minimum Gasteiger partial charge on any atom is -0.340 e. The Hall–Kier alpha value is -3.17. The van der Waals surface area contributed by atoms with E-state index >= 15 is 0 Å². The molecule has 1 aliphatic rings. The Morgan fingerprint density at radius 2 is 1.75 bits per heavy atom. The lowest BCUT2D eigenvalue weighted by atomic mass is 9.90. The average Bonchev–Trinajstić information content (AvgIpc) is 3.34. The third-order valence-electron chi connectivity index (χ3n) is 6.06. The molecule has 5 nitrogen and oxygen atoms in total. The summed E-state index contributed by atoms with van der Waals surface area (Å²) in [6.45, 7) is 11.6. The van der Waals surface area contributed by atoms with Crippen LogP contribution in [-0.2, 0) is 20.9 Å². The number of benzene rings is 2. The first-order valence-corrected chi connectivity index (χ1v) is 12.5. The third-order valence-corrected chi connectivity index (χ3v) is 6.31. The molecule has 1 saturated heterocycles. The normalized spacial score (nSPS) is 16.0. The number of hydrogen-bond donors (Lipinski definition) is 0. The van der Waals surface area contributed by atoms with Crippen molar-refractivity contribution < 1.29 is 18.8 Å². The van der Waals surface area contributed by atoms with Gasteiger partial charge in [-0.25, -0.2) is 4.39 Å².